The number of hydrogen-bond donors (Lipinski definition) is 0. The van der Waals surface area contributed by atoms with Crippen LogP contribution in [0.1, 0.15) is 6.92 Å². The van der Waals surface area contributed by atoms with Crippen molar-refractivity contribution in [1.82, 2.24) is 4.98 Å². The normalized spacial score (nSPS) is 9.82. The molecule has 1 heterocycles. The topological polar surface area (TPSA) is 85.6 Å². The minimum absolute atomic E-state index is 0.0160. The number of nitro groups is 1. The molecule has 1 aromatic heterocycles. The van der Waals surface area contributed by atoms with Gasteiger partial charge in [0.05, 0.1) is 6.61 Å². The summed E-state index contributed by atoms with van der Waals surface area (Å²) in [5.74, 6) is -0.493. The first-order valence-corrected chi connectivity index (χ1v) is 5.06. The number of amides is 1. The molecule has 0 saturated carbocycles. The number of hydrogen-bond acceptors (Lipinski definition) is 5. The molecular formula is C9H10ClN3O4. The van der Waals surface area contributed by atoms with Crippen molar-refractivity contribution < 1.29 is 14.5 Å². The van der Waals surface area contributed by atoms with Crippen molar-refractivity contribution in [1.29, 1.82) is 0 Å². The van der Waals surface area contributed by atoms with Gasteiger partial charge in [-0.1, -0.05) is 0 Å². The number of nitrogens with zero attached hydrogens (tertiary/aromatic N) is 3. The van der Waals surface area contributed by atoms with Gasteiger partial charge in [-0.05, 0) is 34.5 Å². The maximum Gasteiger partial charge on any atom is 0.414 e. The number of ether oxygens (including phenoxy) is 1. The second kappa shape index (κ2) is 5.44. The van der Waals surface area contributed by atoms with E-state index in [1.54, 1.807) is 6.92 Å². The van der Waals surface area contributed by atoms with Gasteiger partial charge in [0.15, 0.2) is 0 Å². The van der Waals surface area contributed by atoms with Crippen LogP contribution in [0, 0.1) is 10.1 Å². The zero-order chi connectivity index (χ0) is 13.0. The van der Waals surface area contributed by atoms with Crippen LogP contribution in [0.25, 0.3) is 0 Å². The molecular weight excluding hydrogens is 250 g/mol. The Labute approximate surface area is 102 Å². The maximum atomic E-state index is 11.4. The molecule has 0 radical (unpaired) electrons. The third-order valence-corrected chi connectivity index (χ3v) is 2.11. The summed E-state index contributed by atoms with van der Waals surface area (Å²) in [7, 11) is 1.36. The minimum Gasteiger partial charge on any atom is -0.449 e. The van der Waals surface area contributed by atoms with Crippen molar-refractivity contribution in [3.8, 4) is 0 Å². The Kier molecular flexibility index (Phi) is 4.22. The molecule has 0 atom stereocenters. The van der Waals surface area contributed by atoms with Crippen molar-refractivity contribution in [2.45, 2.75) is 6.92 Å². The quantitative estimate of drug-likeness (QED) is 0.472. The summed E-state index contributed by atoms with van der Waals surface area (Å²) < 4.78 is 4.73. The summed E-state index contributed by atoms with van der Waals surface area (Å²) in [6.07, 6.45) is -0.695. The molecule has 0 aromatic carbocycles. The van der Waals surface area contributed by atoms with Crippen molar-refractivity contribution in [3.63, 3.8) is 0 Å². The van der Waals surface area contributed by atoms with Gasteiger partial charge < -0.3 is 14.9 Å². The fourth-order valence-corrected chi connectivity index (χ4v) is 1.28. The first-order chi connectivity index (χ1) is 7.97. The van der Waals surface area contributed by atoms with Crippen molar-refractivity contribution in [2.75, 3.05) is 18.6 Å². The second-order valence-electron chi connectivity index (χ2n) is 2.99. The molecule has 0 bridgehead atoms. The van der Waals surface area contributed by atoms with Gasteiger partial charge in [-0.2, -0.15) is 0 Å². The molecule has 1 aromatic rings. The highest BCUT2D eigenvalue weighted by molar-refractivity contribution is 6.29. The summed E-state index contributed by atoms with van der Waals surface area (Å²) in [6, 6.07) is 2.70. The Morgan fingerprint density at radius 3 is 2.82 bits per heavy atom. The number of rotatable bonds is 3. The van der Waals surface area contributed by atoms with E-state index < -0.39 is 16.8 Å². The van der Waals surface area contributed by atoms with Crippen molar-refractivity contribution >= 4 is 29.2 Å². The van der Waals surface area contributed by atoms with Crippen molar-refractivity contribution in [2.24, 2.45) is 0 Å². The Hall–Kier alpha value is -1.89. The Bertz CT molecular complexity index is 452. The zero-order valence-electron chi connectivity index (χ0n) is 9.21. The molecule has 0 N–H and O–H groups in total. The smallest absolute Gasteiger partial charge is 0.414 e. The highest BCUT2D eigenvalue weighted by Crippen LogP contribution is 2.27. The molecule has 92 valence electrons. The fraction of sp³-hybridized carbons (Fsp3) is 0.333. The van der Waals surface area contributed by atoms with Gasteiger partial charge in [-0.3, -0.25) is 4.90 Å². The lowest BCUT2D eigenvalue weighted by Gasteiger charge is -2.15. The number of pyridine rings is 1. The molecule has 0 unspecified atom stereocenters. The molecule has 17 heavy (non-hydrogen) atoms. The van der Waals surface area contributed by atoms with Crippen LogP contribution in [-0.2, 0) is 4.74 Å². The van der Waals surface area contributed by atoms with Crippen LogP contribution in [0.4, 0.5) is 16.3 Å². The number of anilines is 1. The largest absolute Gasteiger partial charge is 0.449 e. The average Bonchev–Trinajstić information content (AvgIpc) is 2.28. The highest BCUT2D eigenvalue weighted by Gasteiger charge is 2.24. The summed E-state index contributed by atoms with van der Waals surface area (Å²) in [4.78, 5) is 26.0. The van der Waals surface area contributed by atoms with Crippen LogP contribution in [0.3, 0.4) is 0 Å². The summed E-state index contributed by atoms with van der Waals surface area (Å²) in [5.41, 5.74) is 0.0258. The average molecular weight is 260 g/mol. The van der Waals surface area contributed by atoms with Gasteiger partial charge in [-0.25, -0.2) is 4.79 Å². The van der Waals surface area contributed by atoms with Gasteiger partial charge in [-0.15, -0.1) is 0 Å². The molecule has 0 fully saturated rings. The lowest BCUT2D eigenvalue weighted by atomic mass is 10.3. The number of halogens is 1. The van der Waals surface area contributed by atoms with Crippen LogP contribution >= 0.6 is 11.6 Å². The molecule has 0 saturated heterocycles. The molecule has 0 aliphatic rings. The predicted molar refractivity (Wildman–Crippen MR) is 61.3 cm³/mol. The lowest BCUT2D eigenvalue weighted by Crippen LogP contribution is -2.27. The van der Waals surface area contributed by atoms with Gasteiger partial charge in [0.2, 0.25) is 5.15 Å². The highest BCUT2D eigenvalue weighted by atomic mass is 35.5. The van der Waals surface area contributed by atoms with Gasteiger partial charge >= 0.3 is 11.9 Å². The number of carbonyl (C=O) groups excluding carboxylic acids is 1. The summed E-state index contributed by atoms with van der Waals surface area (Å²) in [5, 5.41) is 10.7. The first kappa shape index (κ1) is 13.2. The van der Waals surface area contributed by atoms with E-state index in [2.05, 4.69) is 4.98 Å². The van der Waals surface area contributed by atoms with Crippen LogP contribution in [0.15, 0.2) is 12.1 Å². The van der Waals surface area contributed by atoms with E-state index in [9.17, 15) is 14.9 Å². The summed E-state index contributed by atoms with van der Waals surface area (Å²) >= 11 is 5.56. The molecule has 1 rings (SSSR count). The zero-order valence-corrected chi connectivity index (χ0v) is 9.97. The molecule has 0 aliphatic carbocycles. The summed E-state index contributed by atoms with van der Waals surface area (Å²) in [6.45, 7) is 1.82. The molecule has 8 heteroatoms. The van der Waals surface area contributed by atoms with E-state index in [1.165, 1.54) is 19.2 Å². The minimum atomic E-state index is -0.711. The third kappa shape index (κ3) is 3.04. The second-order valence-corrected chi connectivity index (χ2v) is 3.38. The Balaban J connectivity index is 3.12. The Morgan fingerprint density at radius 1 is 1.65 bits per heavy atom. The van der Waals surface area contributed by atoms with E-state index in [4.69, 9.17) is 16.3 Å². The number of aromatic nitrogens is 1. The molecule has 7 nitrogen and oxygen atoms in total. The maximum absolute atomic E-state index is 11.4. The monoisotopic (exact) mass is 259 g/mol. The molecule has 0 aliphatic heterocycles. The van der Waals surface area contributed by atoms with E-state index in [0.717, 1.165) is 4.90 Å². The van der Waals surface area contributed by atoms with E-state index in [1.807, 2.05) is 0 Å². The molecule has 1 amide bonds. The van der Waals surface area contributed by atoms with E-state index in [0.29, 0.717) is 0 Å². The third-order valence-electron chi connectivity index (χ3n) is 1.90. The van der Waals surface area contributed by atoms with E-state index in [-0.39, 0.29) is 17.4 Å². The van der Waals surface area contributed by atoms with Crippen LogP contribution in [0.2, 0.25) is 5.15 Å². The predicted octanol–water partition coefficient (Wildman–Crippen LogP) is 2.24. The fourth-order valence-electron chi connectivity index (χ4n) is 1.13. The van der Waals surface area contributed by atoms with Crippen molar-refractivity contribution in [3.05, 3.63) is 27.4 Å². The van der Waals surface area contributed by atoms with Crippen LogP contribution < -0.4 is 4.90 Å². The Morgan fingerprint density at radius 2 is 2.29 bits per heavy atom. The van der Waals surface area contributed by atoms with Crippen LogP contribution in [-0.4, -0.2) is 29.7 Å². The molecule has 0 spiro atoms. The van der Waals surface area contributed by atoms with Crippen LogP contribution in [0.5, 0.6) is 0 Å². The number of carbonyl (C=O) groups is 1. The van der Waals surface area contributed by atoms with Gasteiger partial charge in [0.25, 0.3) is 0 Å². The van der Waals surface area contributed by atoms with Gasteiger partial charge in [0.1, 0.15) is 5.69 Å². The van der Waals surface area contributed by atoms with Gasteiger partial charge in [0, 0.05) is 13.1 Å². The standard InChI is InChI=1S/C9H10ClN3O4/c1-3-17-9(14)12(2)6-4-5-7(10)11-8(6)13(15)16/h4-5H,3H2,1-2H3. The lowest BCUT2D eigenvalue weighted by molar-refractivity contribution is -0.388. The van der Waals surface area contributed by atoms with E-state index >= 15 is 0 Å². The first-order valence-electron chi connectivity index (χ1n) is 4.68. The SMILES string of the molecule is CCOC(=O)N(C)c1ccc(Cl)nc1[N+](=O)[O-].